The summed E-state index contributed by atoms with van der Waals surface area (Å²) in [6, 6.07) is 7.12. The van der Waals surface area contributed by atoms with E-state index >= 15 is 0 Å². The summed E-state index contributed by atoms with van der Waals surface area (Å²) in [6.45, 7) is 1.75. The van der Waals surface area contributed by atoms with Crippen LogP contribution in [0.1, 0.15) is 31.2 Å². The molecule has 0 aromatic heterocycles. The number of carbonyl (C=O) groups is 2. The summed E-state index contributed by atoms with van der Waals surface area (Å²) >= 11 is 3.37. The highest BCUT2D eigenvalue weighted by Crippen LogP contribution is 2.47. The van der Waals surface area contributed by atoms with E-state index in [2.05, 4.69) is 21.2 Å². The maximum atomic E-state index is 11.9. The van der Waals surface area contributed by atoms with Crippen LogP contribution < -0.4 is 5.32 Å². The zero-order valence-corrected chi connectivity index (χ0v) is 12.2. The predicted molar refractivity (Wildman–Crippen MR) is 74.8 cm³/mol. The average Bonchev–Trinajstić information content (AvgIpc) is 3.16. The zero-order valence-electron chi connectivity index (χ0n) is 10.6. The highest BCUT2D eigenvalue weighted by atomic mass is 79.9. The zero-order chi connectivity index (χ0) is 14.0. The van der Waals surface area contributed by atoms with Gasteiger partial charge in [0.05, 0.1) is 0 Å². The number of carboxylic acid groups (broad SMARTS) is 1. The van der Waals surface area contributed by atoms with Gasteiger partial charge in [0.1, 0.15) is 6.04 Å². The van der Waals surface area contributed by atoms with Gasteiger partial charge in [-0.15, -0.1) is 0 Å². The second-order valence-electron chi connectivity index (χ2n) is 4.81. The second kappa shape index (κ2) is 5.74. The van der Waals surface area contributed by atoms with Crippen molar-refractivity contribution >= 4 is 27.8 Å². The van der Waals surface area contributed by atoms with Gasteiger partial charge in [0.2, 0.25) is 5.91 Å². The van der Waals surface area contributed by atoms with E-state index in [9.17, 15) is 9.59 Å². The standard InChI is InChI=1S/C14H16BrNO3/c1-2-12(14(18)19)16-13(17)11-7-10(11)8-3-5-9(15)6-4-8/h3-6,10-12H,2,7H2,1H3,(H,16,17)(H,18,19). The summed E-state index contributed by atoms with van der Waals surface area (Å²) in [4.78, 5) is 22.8. The van der Waals surface area contributed by atoms with Crippen molar-refractivity contribution in [2.24, 2.45) is 5.92 Å². The molecule has 2 rings (SSSR count). The molecule has 0 heterocycles. The first kappa shape index (κ1) is 14.1. The Balaban J connectivity index is 1.93. The van der Waals surface area contributed by atoms with Crippen molar-refractivity contribution in [2.45, 2.75) is 31.7 Å². The first-order valence-electron chi connectivity index (χ1n) is 6.31. The Morgan fingerprint density at radius 1 is 1.42 bits per heavy atom. The molecule has 1 aromatic carbocycles. The third-order valence-corrected chi connectivity index (χ3v) is 3.98. The van der Waals surface area contributed by atoms with Crippen molar-refractivity contribution in [3.05, 3.63) is 34.3 Å². The highest BCUT2D eigenvalue weighted by Gasteiger charge is 2.44. The van der Waals surface area contributed by atoms with Gasteiger partial charge >= 0.3 is 5.97 Å². The van der Waals surface area contributed by atoms with Gasteiger partial charge < -0.3 is 10.4 Å². The lowest BCUT2D eigenvalue weighted by Gasteiger charge is -2.12. The molecule has 0 radical (unpaired) electrons. The fourth-order valence-corrected chi connectivity index (χ4v) is 2.44. The molecule has 1 fully saturated rings. The minimum Gasteiger partial charge on any atom is -0.480 e. The number of benzene rings is 1. The Bertz CT molecular complexity index is 486. The molecule has 19 heavy (non-hydrogen) atoms. The van der Waals surface area contributed by atoms with E-state index in [1.807, 2.05) is 24.3 Å². The first-order chi connectivity index (χ1) is 9.02. The molecule has 2 N–H and O–H groups in total. The van der Waals surface area contributed by atoms with E-state index < -0.39 is 12.0 Å². The smallest absolute Gasteiger partial charge is 0.326 e. The summed E-state index contributed by atoms with van der Waals surface area (Å²) in [5.41, 5.74) is 1.13. The quantitative estimate of drug-likeness (QED) is 0.874. The second-order valence-corrected chi connectivity index (χ2v) is 5.72. The number of hydrogen-bond donors (Lipinski definition) is 2. The summed E-state index contributed by atoms with van der Waals surface area (Å²) in [7, 11) is 0. The minimum absolute atomic E-state index is 0.0884. The van der Waals surface area contributed by atoms with Crippen molar-refractivity contribution in [2.75, 3.05) is 0 Å². The summed E-state index contributed by atoms with van der Waals surface area (Å²) in [6.07, 6.45) is 1.19. The molecule has 102 valence electrons. The third kappa shape index (κ3) is 3.35. The van der Waals surface area contributed by atoms with Gasteiger partial charge in [-0.2, -0.15) is 0 Å². The first-order valence-corrected chi connectivity index (χ1v) is 7.11. The lowest BCUT2D eigenvalue weighted by Crippen LogP contribution is -2.41. The van der Waals surface area contributed by atoms with Crippen LogP contribution in [0.2, 0.25) is 0 Å². The summed E-state index contributed by atoms with van der Waals surface area (Å²) in [5, 5.41) is 11.5. The summed E-state index contributed by atoms with van der Waals surface area (Å²) < 4.78 is 1.01. The van der Waals surface area contributed by atoms with Crippen LogP contribution in [0, 0.1) is 5.92 Å². The van der Waals surface area contributed by atoms with Crippen molar-refractivity contribution in [3.8, 4) is 0 Å². The van der Waals surface area contributed by atoms with Gasteiger partial charge in [-0.25, -0.2) is 4.79 Å². The van der Waals surface area contributed by atoms with Crippen LogP contribution in [0.4, 0.5) is 0 Å². The van der Waals surface area contributed by atoms with Crippen molar-refractivity contribution in [1.29, 1.82) is 0 Å². The van der Waals surface area contributed by atoms with Gasteiger partial charge in [0, 0.05) is 10.4 Å². The number of carboxylic acids is 1. The lowest BCUT2D eigenvalue weighted by atomic mass is 10.1. The molecule has 0 aliphatic heterocycles. The third-order valence-electron chi connectivity index (χ3n) is 3.45. The maximum absolute atomic E-state index is 11.9. The Hall–Kier alpha value is -1.36. The molecular weight excluding hydrogens is 310 g/mol. The van der Waals surface area contributed by atoms with Crippen molar-refractivity contribution in [3.63, 3.8) is 0 Å². The Kier molecular flexibility index (Phi) is 4.24. The van der Waals surface area contributed by atoms with Gasteiger partial charge in [-0.1, -0.05) is 35.0 Å². The maximum Gasteiger partial charge on any atom is 0.326 e. The number of carbonyl (C=O) groups excluding carboxylic acids is 1. The molecule has 0 bridgehead atoms. The SMILES string of the molecule is CCC(NC(=O)C1CC1c1ccc(Br)cc1)C(=O)O. The fraction of sp³-hybridized carbons (Fsp3) is 0.429. The molecule has 1 aromatic rings. The molecule has 0 spiro atoms. The fourth-order valence-electron chi connectivity index (χ4n) is 2.18. The molecule has 5 heteroatoms. The van der Waals surface area contributed by atoms with Crippen molar-refractivity contribution in [1.82, 2.24) is 5.32 Å². The van der Waals surface area contributed by atoms with Crippen LogP contribution in [0.3, 0.4) is 0 Å². The predicted octanol–water partition coefficient (Wildman–Crippen LogP) is 2.53. The monoisotopic (exact) mass is 325 g/mol. The van der Waals surface area contributed by atoms with Crippen LogP contribution in [-0.4, -0.2) is 23.0 Å². The number of amides is 1. The largest absolute Gasteiger partial charge is 0.480 e. The molecule has 3 unspecified atom stereocenters. The molecule has 1 saturated carbocycles. The van der Waals surface area contributed by atoms with E-state index in [-0.39, 0.29) is 17.7 Å². The molecule has 0 saturated heterocycles. The van der Waals surface area contributed by atoms with Crippen LogP contribution in [-0.2, 0) is 9.59 Å². The molecule has 1 aliphatic carbocycles. The number of aliphatic carboxylic acids is 1. The normalized spacial score (nSPS) is 22.6. The van der Waals surface area contributed by atoms with E-state index in [4.69, 9.17) is 5.11 Å². The average molecular weight is 326 g/mol. The molecule has 4 nitrogen and oxygen atoms in total. The van der Waals surface area contributed by atoms with E-state index in [0.29, 0.717) is 6.42 Å². The van der Waals surface area contributed by atoms with Gasteiger partial charge in [-0.3, -0.25) is 4.79 Å². The van der Waals surface area contributed by atoms with E-state index in [0.717, 1.165) is 16.5 Å². The topological polar surface area (TPSA) is 66.4 Å². The molecule has 3 atom stereocenters. The van der Waals surface area contributed by atoms with E-state index in [1.165, 1.54) is 0 Å². The van der Waals surface area contributed by atoms with Crippen molar-refractivity contribution < 1.29 is 14.7 Å². The molecule has 1 amide bonds. The Morgan fingerprint density at radius 3 is 2.58 bits per heavy atom. The van der Waals surface area contributed by atoms with Crippen LogP contribution >= 0.6 is 15.9 Å². The Morgan fingerprint density at radius 2 is 2.05 bits per heavy atom. The van der Waals surface area contributed by atoms with Crippen LogP contribution in [0.5, 0.6) is 0 Å². The number of nitrogens with one attached hydrogen (secondary N) is 1. The molecular formula is C14H16BrNO3. The van der Waals surface area contributed by atoms with Crippen LogP contribution in [0.15, 0.2) is 28.7 Å². The van der Waals surface area contributed by atoms with Gasteiger partial charge in [0.15, 0.2) is 0 Å². The highest BCUT2D eigenvalue weighted by molar-refractivity contribution is 9.10. The minimum atomic E-state index is -0.975. The number of halogens is 1. The molecule has 1 aliphatic rings. The van der Waals surface area contributed by atoms with E-state index in [1.54, 1.807) is 6.92 Å². The number of rotatable bonds is 5. The van der Waals surface area contributed by atoms with Gasteiger partial charge in [0.25, 0.3) is 0 Å². The summed E-state index contributed by atoms with van der Waals surface area (Å²) in [5.74, 6) is -0.993. The lowest BCUT2D eigenvalue weighted by molar-refractivity contribution is -0.142. The number of hydrogen-bond acceptors (Lipinski definition) is 2. The van der Waals surface area contributed by atoms with Crippen LogP contribution in [0.25, 0.3) is 0 Å². The Labute approximate surface area is 120 Å². The van der Waals surface area contributed by atoms with Gasteiger partial charge in [-0.05, 0) is 36.5 Å².